The molecule has 0 aliphatic rings. The number of hydrogen-bond acceptors (Lipinski definition) is 2. The van der Waals surface area contributed by atoms with Gasteiger partial charge in [-0.25, -0.2) is 0 Å². The van der Waals surface area contributed by atoms with Crippen LogP contribution in [0.2, 0.25) is 0 Å². The van der Waals surface area contributed by atoms with Gasteiger partial charge in [-0.05, 0) is 60.6 Å². The second-order valence-corrected chi connectivity index (χ2v) is 6.46. The maximum absolute atomic E-state index is 5.42. The Balaban J connectivity index is 2.05. The first-order chi connectivity index (χ1) is 9.00. The van der Waals surface area contributed by atoms with Crippen molar-refractivity contribution in [1.82, 2.24) is 9.78 Å². The van der Waals surface area contributed by atoms with E-state index in [0.717, 1.165) is 18.5 Å². The van der Waals surface area contributed by atoms with Crippen molar-refractivity contribution in [3.8, 4) is 11.1 Å². The first-order valence-corrected chi connectivity index (χ1v) is 7.42. The number of aromatic nitrogens is 2. The first kappa shape index (κ1) is 14.5. The number of methoxy groups -OCH3 is 1. The highest BCUT2D eigenvalue weighted by atomic mass is 127. The topological polar surface area (TPSA) is 27.1 Å². The van der Waals surface area contributed by atoms with Gasteiger partial charge in [0, 0.05) is 29.0 Å². The maximum atomic E-state index is 5.42. The van der Waals surface area contributed by atoms with Crippen LogP contribution in [0, 0.1) is 3.57 Å². The second-order valence-electron chi connectivity index (χ2n) is 5.21. The quantitative estimate of drug-likeness (QED) is 0.745. The van der Waals surface area contributed by atoms with Gasteiger partial charge in [-0.1, -0.05) is 12.1 Å². The van der Waals surface area contributed by atoms with Gasteiger partial charge < -0.3 is 4.74 Å². The number of aryl methyl sites for hydroxylation is 1. The zero-order valence-corrected chi connectivity index (χ0v) is 13.7. The van der Waals surface area contributed by atoms with Crippen LogP contribution in [-0.2, 0) is 11.3 Å². The molecule has 0 bridgehead atoms. The van der Waals surface area contributed by atoms with Crippen molar-refractivity contribution >= 4 is 22.6 Å². The van der Waals surface area contributed by atoms with Crippen molar-refractivity contribution in [2.45, 2.75) is 32.4 Å². The molecule has 0 amide bonds. The first-order valence-electron chi connectivity index (χ1n) is 6.34. The summed E-state index contributed by atoms with van der Waals surface area (Å²) in [5, 5.41) is 4.41. The summed E-state index contributed by atoms with van der Waals surface area (Å²) in [6.45, 7) is 5.05. The van der Waals surface area contributed by atoms with Crippen LogP contribution in [0.25, 0.3) is 11.1 Å². The summed E-state index contributed by atoms with van der Waals surface area (Å²) < 4.78 is 8.65. The van der Waals surface area contributed by atoms with Gasteiger partial charge in [-0.3, -0.25) is 4.68 Å². The monoisotopic (exact) mass is 370 g/mol. The fraction of sp³-hybridized carbons (Fsp3) is 0.400. The normalized spacial score (nSPS) is 11.8. The molecule has 0 aliphatic heterocycles. The SMILES string of the molecule is COC(C)(C)CCn1cc(-c2ccc(I)cc2)cn1. The summed E-state index contributed by atoms with van der Waals surface area (Å²) in [7, 11) is 1.75. The second kappa shape index (κ2) is 6.05. The third-order valence-corrected chi connectivity index (χ3v) is 4.03. The van der Waals surface area contributed by atoms with E-state index in [1.165, 1.54) is 9.13 Å². The van der Waals surface area contributed by atoms with Crippen molar-refractivity contribution in [1.29, 1.82) is 0 Å². The average Bonchev–Trinajstić information content (AvgIpc) is 2.86. The van der Waals surface area contributed by atoms with E-state index in [9.17, 15) is 0 Å². The lowest BCUT2D eigenvalue weighted by Gasteiger charge is -2.22. The predicted molar refractivity (Wildman–Crippen MR) is 86.1 cm³/mol. The molecule has 2 aromatic rings. The molecule has 0 saturated carbocycles. The van der Waals surface area contributed by atoms with Gasteiger partial charge >= 0.3 is 0 Å². The van der Waals surface area contributed by atoms with E-state index < -0.39 is 0 Å². The lowest BCUT2D eigenvalue weighted by atomic mass is 10.1. The predicted octanol–water partition coefficient (Wildman–Crippen LogP) is 3.97. The highest BCUT2D eigenvalue weighted by Gasteiger charge is 2.16. The van der Waals surface area contributed by atoms with Crippen molar-refractivity contribution in [2.24, 2.45) is 0 Å². The van der Waals surface area contributed by atoms with Gasteiger partial charge in [0.25, 0.3) is 0 Å². The number of nitrogens with zero attached hydrogens (tertiary/aromatic N) is 2. The molecule has 3 nitrogen and oxygen atoms in total. The molecule has 102 valence electrons. The van der Waals surface area contributed by atoms with Crippen LogP contribution < -0.4 is 0 Å². The number of rotatable bonds is 5. The molecule has 1 heterocycles. The molecule has 2 rings (SSSR count). The van der Waals surface area contributed by atoms with Crippen LogP contribution >= 0.6 is 22.6 Å². The summed E-state index contributed by atoms with van der Waals surface area (Å²) in [5.41, 5.74) is 2.26. The molecule has 1 aromatic carbocycles. The number of hydrogen-bond donors (Lipinski definition) is 0. The minimum atomic E-state index is -0.102. The molecule has 0 atom stereocenters. The van der Waals surface area contributed by atoms with E-state index in [-0.39, 0.29) is 5.60 Å². The highest BCUT2D eigenvalue weighted by molar-refractivity contribution is 14.1. The maximum Gasteiger partial charge on any atom is 0.0640 e. The molecule has 0 aliphatic carbocycles. The Morgan fingerprint density at radius 2 is 1.89 bits per heavy atom. The summed E-state index contributed by atoms with van der Waals surface area (Å²) in [6, 6.07) is 8.48. The highest BCUT2D eigenvalue weighted by Crippen LogP contribution is 2.20. The molecule has 0 fully saturated rings. The van der Waals surface area contributed by atoms with Crippen LogP contribution in [-0.4, -0.2) is 22.5 Å². The van der Waals surface area contributed by atoms with Crippen LogP contribution in [0.3, 0.4) is 0 Å². The molecule has 0 radical (unpaired) electrons. The molecule has 0 saturated heterocycles. The summed E-state index contributed by atoms with van der Waals surface area (Å²) in [6.07, 6.45) is 4.95. The van der Waals surface area contributed by atoms with Crippen molar-refractivity contribution in [3.05, 3.63) is 40.2 Å². The Morgan fingerprint density at radius 1 is 1.21 bits per heavy atom. The van der Waals surface area contributed by atoms with E-state index >= 15 is 0 Å². The minimum Gasteiger partial charge on any atom is -0.379 e. The van der Waals surface area contributed by atoms with Gasteiger partial charge in [0.1, 0.15) is 0 Å². The van der Waals surface area contributed by atoms with Gasteiger partial charge in [-0.15, -0.1) is 0 Å². The molecule has 19 heavy (non-hydrogen) atoms. The fourth-order valence-corrected chi connectivity index (χ4v) is 2.12. The largest absolute Gasteiger partial charge is 0.379 e. The van der Waals surface area contributed by atoms with Crippen molar-refractivity contribution in [2.75, 3.05) is 7.11 Å². The number of benzene rings is 1. The number of ether oxygens (including phenoxy) is 1. The zero-order valence-electron chi connectivity index (χ0n) is 11.6. The summed E-state index contributed by atoms with van der Waals surface area (Å²) in [4.78, 5) is 0. The van der Waals surface area contributed by atoms with Crippen LogP contribution in [0.5, 0.6) is 0 Å². The van der Waals surface area contributed by atoms with Crippen molar-refractivity contribution in [3.63, 3.8) is 0 Å². The molecule has 1 aromatic heterocycles. The van der Waals surface area contributed by atoms with Gasteiger partial charge in [0.15, 0.2) is 0 Å². The molecular weight excluding hydrogens is 351 g/mol. The Hall–Kier alpha value is -0.880. The summed E-state index contributed by atoms with van der Waals surface area (Å²) in [5.74, 6) is 0. The Kier molecular flexibility index (Phi) is 4.62. The summed E-state index contributed by atoms with van der Waals surface area (Å²) >= 11 is 2.31. The lowest BCUT2D eigenvalue weighted by Crippen LogP contribution is -2.24. The van der Waals surface area contributed by atoms with Crippen LogP contribution in [0.15, 0.2) is 36.7 Å². The van der Waals surface area contributed by atoms with Gasteiger partial charge in [0.05, 0.1) is 11.8 Å². The molecular formula is C15H19IN2O. The minimum absolute atomic E-state index is 0.102. The Bertz CT molecular complexity index is 531. The van der Waals surface area contributed by atoms with E-state index in [1.54, 1.807) is 7.11 Å². The standard InChI is InChI=1S/C15H19IN2O/c1-15(2,19-3)8-9-18-11-13(10-17-18)12-4-6-14(16)7-5-12/h4-7,10-11H,8-9H2,1-3H3. The fourth-order valence-electron chi connectivity index (χ4n) is 1.76. The third kappa shape index (κ3) is 4.04. The Labute approximate surface area is 128 Å². The molecule has 0 spiro atoms. The lowest BCUT2D eigenvalue weighted by molar-refractivity contribution is 0.0113. The smallest absolute Gasteiger partial charge is 0.0640 e. The van der Waals surface area contributed by atoms with Gasteiger partial charge in [-0.2, -0.15) is 5.10 Å². The number of halogens is 1. The van der Waals surface area contributed by atoms with Crippen molar-refractivity contribution < 1.29 is 4.74 Å². The molecule has 0 unspecified atom stereocenters. The van der Waals surface area contributed by atoms with Crippen LogP contribution in [0.4, 0.5) is 0 Å². The van der Waals surface area contributed by atoms with E-state index in [1.807, 2.05) is 10.9 Å². The molecule has 4 heteroatoms. The van der Waals surface area contributed by atoms with E-state index in [4.69, 9.17) is 4.74 Å². The van der Waals surface area contributed by atoms with E-state index in [2.05, 4.69) is 72.0 Å². The van der Waals surface area contributed by atoms with Gasteiger partial charge in [0.2, 0.25) is 0 Å². The van der Waals surface area contributed by atoms with Crippen LogP contribution in [0.1, 0.15) is 20.3 Å². The van der Waals surface area contributed by atoms with E-state index in [0.29, 0.717) is 0 Å². The molecule has 0 N–H and O–H groups in total. The third-order valence-electron chi connectivity index (χ3n) is 3.31. The zero-order chi connectivity index (χ0) is 13.9. The average molecular weight is 370 g/mol. The Morgan fingerprint density at radius 3 is 2.53 bits per heavy atom.